The summed E-state index contributed by atoms with van der Waals surface area (Å²) in [6, 6.07) is 5.92. The number of aliphatic hydroxyl groups excluding tert-OH is 1. The first kappa shape index (κ1) is 14.0. The van der Waals surface area contributed by atoms with E-state index in [4.69, 9.17) is 16.7 Å². The molecule has 1 rings (SSSR count). The van der Waals surface area contributed by atoms with Crippen LogP contribution in [0, 0.1) is 0 Å². The van der Waals surface area contributed by atoms with Crippen LogP contribution < -0.4 is 5.32 Å². The van der Waals surface area contributed by atoms with Crippen LogP contribution in [0.5, 0.6) is 0 Å². The van der Waals surface area contributed by atoms with Crippen molar-refractivity contribution in [1.82, 2.24) is 5.32 Å². The normalized spacial score (nSPS) is 10.7. The molecule has 0 radical (unpaired) electrons. The smallest absolute Gasteiger partial charge is 0.0462 e. The predicted molar refractivity (Wildman–Crippen MR) is 71.8 cm³/mol. The van der Waals surface area contributed by atoms with E-state index >= 15 is 0 Å². The lowest BCUT2D eigenvalue weighted by Crippen LogP contribution is -2.15. The van der Waals surface area contributed by atoms with Crippen LogP contribution in [0.15, 0.2) is 22.7 Å². The highest BCUT2D eigenvalue weighted by Gasteiger charge is 2.00. The van der Waals surface area contributed by atoms with Gasteiger partial charge in [0, 0.05) is 22.6 Å². The number of halogens is 2. The van der Waals surface area contributed by atoms with Crippen LogP contribution in [0.2, 0.25) is 5.02 Å². The zero-order chi connectivity index (χ0) is 11.8. The van der Waals surface area contributed by atoms with Gasteiger partial charge in [0.15, 0.2) is 0 Å². The van der Waals surface area contributed by atoms with Crippen LogP contribution in [0.3, 0.4) is 0 Å². The van der Waals surface area contributed by atoms with Crippen molar-refractivity contribution in [2.24, 2.45) is 0 Å². The first-order chi connectivity index (χ1) is 7.74. The van der Waals surface area contributed by atoms with Crippen molar-refractivity contribution in [3.8, 4) is 0 Å². The maximum Gasteiger partial charge on any atom is 0.0462 e. The Balaban J connectivity index is 2.21. The number of unbranched alkanes of at least 4 members (excludes halogenated alkanes) is 2. The molecule has 0 aromatic heterocycles. The second-order valence-corrected chi connectivity index (χ2v) is 5.02. The highest BCUT2D eigenvalue weighted by molar-refractivity contribution is 9.10. The fourth-order valence-corrected chi connectivity index (χ4v) is 2.17. The lowest BCUT2D eigenvalue weighted by Gasteiger charge is -2.06. The van der Waals surface area contributed by atoms with Crippen molar-refractivity contribution >= 4 is 27.5 Å². The van der Waals surface area contributed by atoms with E-state index < -0.39 is 0 Å². The Hall–Kier alpha value is -0.0900. The van der Waals surface area contributed by atoms with E-state index in [0.29, 0.717) is 6.61 Å². The van der Waals surface area contributed by atoms with Crippen molar-refractivity contribution < 1.29 is 5.11 Å². The SMILES string of the molecule is OCCCCCNCc1ccc(Br)cc1Cl. The minimum atomic E-state index is 0.290. The summed E-state index contributed by atoms with van der Waals surface area (Å²) in [4.78, 5) is 0. The predicted octanol–water partition coefficient (Wildman–Crippen LogP) is 3.35. The molecule has 4 heteroatoms. The highest BCUT2D eigenvalue weighted by Crippen LogP contribution is 2.21. The first-order valence-corrected chi connectivity index (χ1v) is 6.66. The zero-order valence-electron chi connectivity index (χ0n) is 9.18. The van der Waals surface area contributed by atoms with Crippen LogP contribution in [0.4, 0.5) is 0 Å². The van der Waals surface area contributed by atoms with Gasteiger partial charge in [-0.05, 0) is 43.5 Å². The van der Waals surface area contributed by atoms with E-state index in [9.17, 15) is 0 Å². The average Bonchev–Trinajstić information content (AvgIpc) is 2.26. The van der Waals surface area contributed by atoms with Crippen molar-refractivity contribution in [2.75, 3.05) is 13.2 Å². The molecule has 90 valence electrons. The monoisotopic (exact) mass is 305 g/mol. The summed E-state index contributed by atoms with van der Waals surface area (Å²) in [5.41, 5.74) is 1.12. The number of nitrogens with one attached hydrogen (secondary N) is 1. The summed E-state index contributed by atoms with van der Waals surface area (Å²) >= 11 is 9.47. The van der Waals surface area contributed by atoms with Gasteiger partial charge >= 0.3 is 0 Å². The van der Waals surface area contributed by atoms with Crippen molar-refractivity contribution in [3.63, 3.8) is 0 Å². The van der Waals surface area contributed by atoms with Crippen LogP contribution >= 0.6 is 27.5 Å². The van der Waals surface area contributed by atoms with E-state index in [0.717, 1.165) is 47.4 Å². The first-order valence-electron chi connectivity index (χ1n) is 5.49. The minimum Gasteiger partial charge on any atom is -0.396 e. The van der Waals surface area contributed by atoms with Crippen LogP contribution in [-0.4, -0.2) is 18.3 Å². The van der Waals surface area contributed by atoms with Crippen molar-refractivity contribution in [2.45, 2.75) is 25.8 Å². The molecule has 1 aromatic carbocycles. The summed E-state index contributed by atoms with van der Waals surface area (Å²) in [6.45, 7) is 2.05. The van der Waals surface area contributed by atoms with Gasteiger partial charge in [-0.25, -0.2) is 0 Å². The lowest BCUT2D eigenvalue weighted by atomic mass is 10.2. The van der Waals surface area contributed by atoms with Crippen molar-refractivity contribution in [1.29, 1.82) is 0 Å². The molecule has 0 amide bonds. The molecule has 0 aliphatic heterocycles. The molecule has 0 atom stereocenters. The Bertz CT molecular complexity index is 320. The molecular formula is C12H17BrClNO. The molecule has 0 aliphatic carbocycles. The van der Waals surface area contributed by atoms with Crippen molar-refractivity contribution in [3.05, 3.63) is 33.3 Å². The van der Waals surface area contributed by atoms with Crippen LogP contribution in [0.1, 0.15) is 24.8 Å². The fourth-order valence-electron chi connectivity index (χ4n) is 1.43. The molecule has 0 saturated heterocycles. The number of hydrogen-bond acceptors (Lipinski definition) is 2. The number of rotatable bonds is 7. The molecule has 0 spiro atoms. The third-order valence-electron chi connectivity index (χ3n) is 2.34. The Morgan fingerprint density at radius 3 is 2.75 bits per heavy atom. The maximum atomic E-state index is 8.62. The molecular weight excluding hydrogens is 289 g/mol. The fraction of sp³-hybridized carbons (Fsp3) is 0.500. The highest BCUT2D eigenvalue weighted by atomic mass is 79.9. The van der Waals surface area contributed by atoms with Crippen LogP contribution in [-0.2, 0) is 6.54 Å². The minimum absolute atomic E-state index is 0.290. The summed E-state index contributed by atoms with van der Waals surface area (Å²) in [5, 5.41) is 12.7. The van der Waals surface area contributed by atoms with Gasteiger partial charge in [-0.2, -0.15) is 0 Å². The zero-order valence-corrected chi connectivity index (χ0v) is 11.5. The van der Waals surface area contributed by atoms with E-state index in [-0.39, 0.29) is 0 Å². The summed E-state index contributed by atoms with van der Waals surface area (Å²) in [5.74, 6) is 0. The van der Waals surface area contributed by atoms with Gasteiger partial charge in [-0.1, -0.05) is 33.6 Å². The topological polar surface area (TPSA) is 32.3 Å². The largest absolute Gasteiger partial charge is 0.396 e. The summed E-state index contributed by atoms with van der Waals surface area (Å²) in [7, 11) is 0. The number of benzene rings is 1. The molecule has 0 saturated carbocycles. The molecule has 1 aromatic rings. The molecule has 16 heavy (non-hydrogen) atoms. The molecule has 2 nitrogen and oxygen atoms in total. The maximum absolute atomic E-state index is 8.62. The Labute approximate surface area is 110 Å². The van der Waals surface area contributed by atoms with Gasteiger partial charge in [0.1, 0.15) is 0 Å². The summed E-state index contributed by atoms with van der Waals surface area (Å²) in [6.07, 6.45) is 3.05. The third kappa shape index (κ3) is 5.30. The summed E-state index contributed by atoms with van der Waals surface area (Å²) < 4.78 is 1.00. The average molecular weight is 307 g/mol. The Kier molecular flexibility index (Phi) is 7.05. The second kappa shape index (κ2) is 8.07. The Morgan fingerprint density at radius 2 is 2.06 bits per heavy atom. The molecule has 2 N–H and O–H groups in total. The van der Waals surface area contributed by atoms with Gasteiger partial charge in [0.25, 0.3) is 0 Å². The third-order valence-corrected chi connectivity index (χ3v) is 3.19. The lowest BCUT2D eigenvalue weighted by molar-refractivity contribution is 0.283. The molecule has 0 bridgehead atoms. The van der Waals surface area contributed by atoms with Gasteiger partial charge in [0.05, 0.1) is 0 Å². The van der Waals surface area contributed by atoms with Gasteiger partial charge in [0.2, 0.25) is 0 Å². The van der Waals surface area contributed by atoms with Gasteiger partial charge in [-0.3, -0.25) is 0 Å². The van der Waals surface area contributed by atoms with E-state index in [2.05, 4.69) is 21.2 Å². The van der Waals surface area contributed by atoms with E-state index in [1.54, 1.807) is 0 Å². The van der Waals surface area contributed by atoms with E-state index in [1.807, 2.05) is 18.2 Å². The second-order valence-electron chi connectivity index (χ2n) is 3.70. The Morgan fingerprint density at radius 1 is 1.25 bits per heavy atom. The molecule has 0 fully saturated rings. The van der Waals surface area contributed by atoms with Gasteiger partial charge in [-0.15, -0.1) is 0 Å². The van der Waals surface area contributed by atoms with Gasteiger partial charge < -0.3 is 10.4 Å². The van der Waals surface area contributed by atoms with Crippen LogP contribution in [0.25, 0.3) is 0 Å². The number of hydrogen-bond donors (Lipinski definition) is 2. The standard InChI is InChI=1S/C12H17BrClNO/c13-11-5-4-10(12(14)8-11)9-15-6-2-1-3-7-16/h4-5,8,15-16H,1-3,6-7,9H2. The molecule has 0 unspecified atom stereocenters. The van der Waals surface area contributed by atoms with E-state index in [1.165, 1.54) is 0 Å². The number of aliphatic hydroxyl groups is 1. The molecule has 0 heterocycles. The molecule has 0 aliphatic rings. The quantitative estimate of drug-likeness (QED) is 0.757.